The second kappa shape index (κ2) is 5.66. The summed E-state index contributed by atoms with van der Waals surface area (Å²) >= 11 is 6.08. The van der Waals surface area contributed by atoms with Crippen molar-refractivity contribution in [3.63, 3.8) is 0 Å². The quantitative estimate of drug-likeness (QED) is 0.859. The van der Waals surface area contributed by atoms with Crippen molar-refractivity contribution in [3.05, 3.63) is 53.6 Å². The normalized spacial score (nSPS) is 16.9. The Kier molecular flexibility index (Phi) is 3.71. The van der Waals surface area contributed by atoms with Gasteiger partial charge in [0.15, 0.2) is 0 Å². The Morgan fingerprint density at radius 1 is 1.24 bits per heavy atom. The van der Waals surface area contributed by atoms with Crippen LogP contribution in [-0.4, -0.2) is 18.7 Å². The average Bonchev–Trinajstić information content (AvgIpc) is 2.48. The number of amides is 2. The predicted octanol–water partition coefficient (Wildman–Crippen LogP) is 4.16. The summed E-state index contributed by atoms with van der Waals surface area (Å²) < 4.78 is 5.74. The van der Waals surface area contributed by atoms with Crippen LogP contribution in [0.1, 0.15) is 6.92 Å². The number of carbonyl (C=O) groups is 1. The van der Waals surface area contributed by atoms with Crippen LogP contribution in [0.2, 0.25) is 5.02 Å². The minimum Gasteiger partial charge on any atom is -0.487 e. The molecule has 0 bridgehead atoms. The Morgan fingerprint density at radius 3 is 2.76 bits per heavy atom. The highest BCUT2D eigenvalue weighted by molar-refractivity contribution is 6.33. The van der Waals surface area contributed by atoms with E-state index in [1.807, 2.05) is 43.3 Å². The van der Waals surface area contributed by atoms with Gasteiger partial charge in [-0.1, -0.05) is 35.9 Å². The maximum Gasteiger partial charge on any atom is 0.326 e. The molecule has 1 unspecified atom stereocenters. The van der Waals surface area contributed by atoms with Gasteiger partial charge < -0.3 is 10.1 Å². The van der Waals surface area contributed by atoms with Crippen LogP contribution in [0.25, 0.3) is 0 Å². The van der Waals surface area contributed by atoms with E-state index < -0.39 is 0 Å². The van der Waals surface area contributed by atoms with Crippen LogP contribution in [0.4, 0.5) is 16.2 Å². The molecule has 1 aliphatic rings. The van der Waals surface area contributed by atoms with Crippen molar-refractivity contribution in [1.82, 2.24) is 0 Å². The van der Waals surface area contributed by atoms with E-state index in [0.29, 0.717) is 23.0 Å². The topological polar surface area (TPSA) is 41.6 Å². The average molecular weight is 303 g/mol. The summed E-state index contributed by atoms with van der Waals surface area (Å²) in [6.45, 7) is 2.43. The molecule has 108 valence electrons. The lowest BCUT2D eigenvalue weighted by molar-refractivity contribution is 0.208. The molecule has 3 rings (SSSR count). The fourth-order valence-corrected chi connectivity index (χ4v) is 2.51. The van der Waals surface area contributed by atoms with E-state index in [1.165, 1.54) is 0 Å². The Bertz CT molecular complexity index is 675. The third-order valence-electron chi connectivity index (χ3n) is 3.28. The maximum atomic E-state index is 12.5. The first kappa shape index (κ1) is 13.8. The lowest BCUT2D eigenvalue weighted by Gasteiger charge is -2.33. The van der Waals surface area contributed by atoms with E-state index in [-0.39, 0.29) is 12.1 Å². The second-order valence-electron chi connectivity index (χ2n) is 4.92. The van der Waals surface area contributed by atoms with Crippen LogP contribution >= 0.6 is 11.6 Å². The van der Waals surface area contributed by atoms with E-state index in [2.05, 4.69) is 5.32 Å². The largest absolute Gasteiger partial charge is 0.487 e. The zero-order valence-corrected chi connectivity index (χ0v) is 12.3. The molecule has 2 aromatic carbocycles. The summed E-state index contributed by atoms with van der Waals surface area (Å²) in [7, 11) is 0. The van der Waals surface area contributed by atoms with Crippen LogP contribution in [0.15, 0.2) is 48.5 Å². The SMILES string of the molecule is CC1CN(C(=O)Nc2ccccc2Cl)c2ccccc2O1. The van der Waals surface area contributed by atoms with Gasteiger partial charge in [-0.3, -0.25) is 4.90 Å². The van der Waals surface area contributed by atoms with Gasteiger partial charge in [0.25, 0.3) is 0 Å². The number of halogens is 1. The zero-order chi connectivity index (χ0) is 14.8. The lowest BCUT2D eigenvalue weighted by atomic mass is 10.2. The van der Waals surface area contributed by atoms with Crippen LogP contribution < -0.4 is 15.0 Å². The summed E-state index contributed by atoms with van der Waals surface area (Å²) in [5, 5.41) is 3.36. The molecule has 5 heteroatoms. The molecule has 21 heavy (non-hydrogen) atoms. The fourth-order valence-electron chi connectivity index (χ4n) is 2.33. The molecule has 4 nitrogen and oxygen atoms in total. The van der Waals surface area contributed by atoms with E-state index in [9.17, 15) is 4.79 Å². The summed E-state index contributed by atoms with van der Waals surface area (Å²) in [4.78, 5) is 14.2. The number of hydrogen-bond donors (Lipinski definition) is 1. The maximum absolute atomic E-state index is 12.5. The highest BCUT2D eigenvalue weighted by atomic mass is 35.5. The zero-order valence-electron chi connectivity index (χ0n) is 11.5. The molecule has 1 heterocycles. The minimum absolute atomic E-state index is 0.0584. The van der Waals surface area contributed by atoms with Crippen molar-refractivity contribution in [3.8, 4) is 5.75 Å². The van der Waals surface area contributed by atoms with Crippen LogP contribution in [0.3, 0.4) is 0 Å². The van der Waals surface area contributed by atoms with E-state index in [1.54, 1.807) is 17.0 Å². The summed E-state index contributed by atoms with van der Waals surface area (Å²) in [5.74, 6) is 0.713. The molecule has 0 aromatic heterocycles. The van der Waals surface area contributed by atoms with Gasteiger partial charge in [0, 0.05) is 0 Å². The summed E-state index contributed by atoms with van der Waals surface area (Å²) in [6, 6.07) is 14.5. The first-order valence-corrected chi connectivity index (χ1v) is 7.11. The van der Waals surface area contributed by atoms with Crippen LogP contribution in [0, 0.1) is 0 Å². The van der Waals surface area contributed by atoms with Gasteiger partial charge in [0.1, 0.15) is 11.9 Å². The van der Waals surface area contributed by atoms with Gasteiger partial charge in [-0.15, -0.1) is 0 Å². The minimum atomic E-state index is -0.217. The third kappa shape index (κ3) is 2.81. The Labute approximate surface area is 128 Å². The van der Waals surface area contributed by atoms with Crippen molar-refractivity contribution in [2.45, 2.75) is 13.0 Å². The standard InChI is InChI=1S/C16H15ClN2O2/c1-11-10-19(14-8-4-5-9-15(14)21-11)16(20)18-13-7-3-2-6-12(13)17/h2-9,11H,10H2,1H3,(H,18,20). The smallest absolute Gasteiger partial charge is 0.326 e. The number of nitrogens with one attached hydrogen (secondary N) is 1. The first-order valence-electron chi connectivity index (χ1n) is 6.74. The molecule has 1 atom stereocenters. The number of hydrogen-bond acceptors (Lipinski definition) is 2. The molecule has 0 radical (unpaired) electrons. The van der Waals surface area contributed by atoms with Crippen molar-refractivity contribution < 1.29 is 9.53 Å². The molecule has 1 aliphatic heterocycles. The van der Waals surface area contributed by atoms with Gasteiger partial charge in [-0.25, -0.2) is 4.79 Å². The highest BCUT2D eigenvalue weighted by Gasteiger charge is 2.27. The number of urea groups is 1. The van der Waals surface area contributed by atoms with Gasteiger partial charge in [-0.05, 0) is 31.2 Å². The molecule has 0 saturated carbocycles. The summed E-state index contributed by atoms with van der Waals surface area (Å²) in [5.41, 5.74) is 1.36. The third-order valence-corrected chi connectivity index (χ3v) is 3.61. The number of para-hydroxylation sites is 3. The molecule has 0 saturated heterocycles. The number of carbonyl (C=O) groups excluding carboxylic acids is 1. The number of fused-ring (bicyclic) bond motifs is 1. The van der Waals surface area contributed by atoms with Gasteiger partial charge in [0.05, 0.1) is 22.9 Å². The Balaban J connectivity index is 1.87. The molecule has 2 aromatic rings. The molecule has 0 fully saturated rings. The highest BCUT2D eigenvalue weighted by Crippen LogP contribution is 2.33. The number of benzene rings is 2. The Morgan fingerprint density at radius 2 is 1.95 bits per heavy atom. The number of anilines is 2. The van der Waals surface area contributed by atoms with Crippen molar-refractivity contribution in [2.24, 2.45) is 0 Å². The van der Waals surface area contributed by atoms with Crippen LogP contribution in [0.5, 0.6) is 5.75 Å². The number of nitrogens with zero attached hydrogens (tertiary/aromatic N) is 1. The molecule has 0 aliphatic carbocycles. The first-order chi connectivity index (χ1) is 10.1. The second-order valence-corrected chi connectivity index (χ2v) is 5.32. The van der Waals surface area contributed by atoms with E-state index in [4.69, 9.17) is 16.3 Å². The van der Waals surface area contributed by atoms with Gasteiger partial charge in [0.2, 0.25) is 0 Å². The molecular formula is C16H15ClN2O2. The lowest BCUT2D eigenvalue weighted by Crippen LogP contribution is -2.44. The molecular weight excluding hydrogens is 288 g/mol. The van der Waals surface area contributed by atoms with Crippen molar-refractivity contribution >= 4 is 29.0 Å². The van der Waals surface area contributed by atoms with Gasteiger partial charge >= 0.3 is 6.03 Å². The van der Waals surface area contributed by atoms with Crippen LogP contribution in [-0.2, 0) is 0 Å². The Hall–Kier alpha value is -2.20. The van der Waals surface area contributed by atoms with Gasteiger partial charge in [-0.2, -0.15) is 0 Å². The fraction of sp³-hybridized carbons (Fsp3) is 0.188. The predicted molar refractivity (Wildman–Crippen MR) is 84.3 cm³/mol. The summed E-state index contributed by atoms with van der Waals surface area (Å²) in [6.07, 6.45) is -0.0584. The molecule has 2 amide bonds. The number of ether oxygens (including phenoxy) is 1. The van der Waals surface area contributed by atoms with Crippen molar-refractivity contribution in [2.75, 3.05) is 16.8 Å². The number of rotatable bonds is 1. The van der Waals surface area contributed by atoms with E-state index >= 15 is 0 Å². The monoisotopic (exact) mass is 302 g/mol. The van der Waals surface area contributed by atoms with E-state index in [0.717, 1.165) is 5.69 Å². The van der Waals surface area contributed by atoms with Crippen molar-refractivity contribution in [1.29, 1.82) is 0 Å². The molecule has 0 spiro atoms. The molecule has 1 N–H and O–H groups in total.